The molecule has 0 unspecified atom stereocenters. The summed E-state index contributed by atoms with van der Waals surface area (Å²) in [6, 6.07) is 5.98. The van der Waals surface area contributed by atoms with Crippen LogP contribution in [0, 0.1) is 5.82 Å². The summed E-state index contributed by atoms with van der Waals surface area (Å²) in [6.07, 6.45) is 0. The molecule has 130 valence electrons. The first-order valence-electron chi connectivity index (χ1n) is 7.36. The van der Waals surface area contributed by atoms with Gasteiger partial charge in [-0.05, 0) is 30.2 Å². The Morgan fingerprint density at radius 1 is 1.25 bits per heavy atom. The molecule has 1 aromatic heterocycles. The predicted octanol–water partition coefficient (Wildman–Crippen LogP) is 3.48. The van der Waals surface area contributed by atoms with Crippen molar-refractivity contribution in [2.45, 2.75) is 26.4 Å². The van der Waals surface area contributed by atoms with Crippen LogP contribution in [0.25, 0.3) is 11.3 Å². The van der Waals surface area contributed by atoms with E-state index in [0.29, 0.717) is 22.8 Å². The average Bonchev–Trinajstić information content (AvgIpc) is 2.59. The first-order valence-corrected chi connectivity index (χ1v) is 8.06. The molecule has 0 radical (unpaired) electrons. The van der Waals surface area contributed by atoms with Gasteiger partial charge in [-0.1, -0.05) is 13.8 Å². The van der Waals surface area contributed by atoms with Crippen LogP contribution in [0.3, 0.4) is 0 Å². The molecule has 0 spiro atoms. The van der Waals surface area contributed by atoms with Crippen LogP contribution in [0.15, 0.2) is 24.3 Å². The Balaban J connectivity index is 2.57. The van der Waals surface area contributed by atoms with E-state index in [0.717, 1.165) is 17.9 Å². The number of aliphatic hydroxyl groups excluding tert-OH is 1. The number of benzene rings is 1. The van der Waals surface area contributed by atoms with E-state index in [2.05, 4.69) is 14.9 Å². The van der Waals surface area contributed by atoms with Crippen molar-refractivity contribution in [1.29, 1.82) is 0 Å². The summed E-state index contributed by atoms with van der Waals surface area (Å²) in [7, 11) is 3.14. The lowest BCUT2D eigenvalue weighted by atomic mass is 9.99. The van der Waals surface area contributed by atoms with Gasteiger partial charge in [0.2, 0.25) is 5.95 Å². The Kier molecular flexibility index (Phi) is 6.50. The molecule has 0 aliphatic carbocycles. The number of aromatic nitrogens is 2. The molecule has 1 N–H and O–H groups in total. The summed E-state index contributed by atoms with van der Waals surface area (Å²) in [5.41, 5.74) is 2.63. The van der Waals surface area contributed by atoms with Gasteiger partial charge < -0.3 is 5.11 Å². The van der Waals surface area contributed by atoms with Crippen LogP contribution in [0.4, 0.5) is 10.3 Å². The smallest absolute Gasteiger partial charge is 0.237 e. The van der Waals surface area contributed by atoms with Crippen molar-refractivity contribution in [2.75, 3.05) is 18.5 Å². The first kappa shape index (κ1) is 18.6. The van der Waals surface area contributed by atoms with Crippen LogP contribution in [-0.4, -0.2) is 29.2 Å². The van der Waals surface area contributed by atoms with Gasteiger partial charge in [0.25, 0.3) is 0 Å². The van der Waals surface area contributed by atoms with Gasteiger partial charge in [-0.3, -0.25) is 4.31 Å². The quantitative estimate of drug-likeness (QED) is 0.354. The summed E-state index contributed by atoms with van der Waals surface area (Å²) < 4.78 is 19.6. The van der Waals surface area contributed by atoms with Crippen molar-refractivity contribution < 1.29 is 18.7 Å². The van der Waals surface area contributed by atoms with Crippen molar-refractivity contribution in [3.8, 4) is 11.3 Å². The molecule has 6 nitrogen and oxygen atoms in total. The zero-order chi connectivity index (χ0) is 17.7. The van der Waals surface area contributed by atoms with Crippen molar-refractivity contribution in [1.82, 2.24) is 9.97 Å². The van der Waals surface area contributed by atoms with E-state index in [9.17, 15) is 9.50 Å². The summed E-state index contributed by atoms with van der Waals surface area (Å²) in [6.45, 7) is 3.77. The zero-order valence-electron chi connectivity index (χ0n) is 14.0. The van der Waals surface area contributed by atoms with E-state index >= 15 is 0 Å². The van der Waals surface area contributed by atoms with Crippen LogP contribution in [0.5, 0.6) is 0 Å². The van der Waals surface area contributed by atoms with Gasteiger partial charge in [0.1, 0.15) is 5.82 Å². The van der Waals surface area contributed by atoms with Crippen molar-refractivity contribution in [3.63, 3.8) is 0 Å². The molecule has 0 saturated heterocycles. The molecule has 0 amide bonds. The van der Waals surface area contributed by atoms with E-state index in [-0.39, 0.29) is 18.3 Å². The van der Waals surface area contributed by atoms with E-state index < -0.39 is 0 Å². The molecule has 0 saturated carbocycles. The minimum Gasteiger partial charge on any atom is -0.392 e. The predicted molar refractivity (Wildman–Crippen MR) is 91.5 cm³/mol. The van der Waals surface area contributed by atoms with Crippen LogP contribution in [0.2, 0.25) is 0 Å². The average molecular weight is 353 g/mol. The monoisotopic (exact) mass is 353 g/mol. The molecule has 0 fully saturated rings. The molecule has 8 heteroatoms. The van der Waals surface area contributed by atoms with Crippen molar-refractivity contribution in [3.05, 3.63) is 41.3 Å². The highest BCUT2D eigenvalue weighted by Gasteiger charge is 2.20. The molecule has 1 aromatic carbocycles. The Hall–Kier alpha value is -1.74. The third-order valence-corrected chi connectivity index (χ3v) is 3.93. The maximum absolute atomic E-state index is 13.2. The lowest BCUT2D eigenvalue weighted by Gasteiger charge is -2.20. The van der Waals surface area contributed by atoms with Crippen molar-refractivity contribution >= 4 is 18.2 Å². The van der Waals surface area contributed by atoms with Gasteiger partial charge in [0, 0.05) is 18.2 Å². The second-order valence-electron chi connectivity index (χ2n) is 5.36. The highest BCUT2D eigenvalue weighted by molar-refractivity contribution is 7.95. The highest BCUT2D eigenvalue weighted by atomic mass is 32.2. The number of hydrogen-bond donors (Lipinski definition) is 1. The fourth-order valence-corrected chi connectivity index (χ4v) is 2.52. The standard InChI is InChI=1S/C16H20FN3O3S/c1-10(2)14-13(9-21)15(11-5-7-12(17)8-6-11)19-16(18-14)20(3)24-23-22-4/h5-8,10,21H,9H2,1-4H3. The number of hydrogen-bond acceptors (Lipinski definition) is 7. The minimum absolute atomic E-state index is 0.0786. The van der Waals surface area contributed by atoms with Crippen LogP contribution >= 0.6 is 12.2 Å². The fourth-order valence-electron chi connectivity index (χ4n) is 2.22. The lowest BCUT2D eigenvalue weighted by molar-refractivity contribution is -0.160. The van der Waals surface area contributed by atoms with Gasteiger partial charge in [-0.2, -0.15) is 0 Å². The van der Waals surface area contributed by atoms with Crippen molar-refractivity contribution in [2.24, 2.45) is 0 Å². The number of halogens is 1. The fraction of sp³-hybridized carbons (Fsp3) is 0.375. The zero-order valence-corrected chi connectivity index (χ0v) is 14.8. The second kappa shape index (κ2) is 8.39. The Labute approximate surface area is 144 Å². The number of anilines is 1. The van der Waals surface area contributed by atoms with Gasteiger partial charge in [-0.25, -0.2) is 19.2 Å². The number of aliphatic hydroxyl groups is 1. The molecular formula is C16H20FN3O3S. The number of nitrogens with zero attached hydrogens (tertiary/aromatic N) is 3. The van der Waals surface area contributed by atoms with E-state index in [1.54, 1.807) is 23.5 Å². The molecule has 24 heavy (non-hydrogen) atoms. The Morgan fingerprint density at radius 3 is 2.46 bits per heavy atom. The maximum atomic E-state index is 13.2. The summed E-state index contributed by atoms with van der Waals surface area (Å²) >= 11 is 0.933. The second-order valence-corrected chi connectivity index (χ2v) is 6.20. The molecule has 2 aromatic rings. The van der Waals surface area contributed by atoms with Gasteiger partial charge in [0.15, 0.2) is 12.2 Å². The Bertz CT molecular complexity index is 683. The Morgan fingerprint density at radius 2 is 1.92 bits per heavy atom. The molecular weight excluding hydrogens is 333 g/mol. The van der Waals surface area contributed by atoms with Gasteiger partial charge in [0.05, 0.1) is 25.1 Å². The van der Waals surface area contributed by atoms with E-state index in [1.807, 2.05) is 13.8 Å². The van der Waals surface area contributed by atoms with E-state index in [1.165, 1.54) is 19.2 Å². The van der Waals surface area contributed by atoms with Gasteiger partial charge >= 0.3 is 0 Å². The minimum atomic E-state index is -0.330. The maximum Gasteiger partial charge on any atom is 0.237 e. The normalized spacial score (nSPS) is 11.1. The third-order valence-electron chi connectivity index (χ3n) is 3.34. The lowest BCUT2D eigenvalue weighted by Crippen LogP contribution is -2.15. The molecule has 0 atom stereocenters. The molecule has 0 aliphatic rings. The van der Waals surface area contributed by atoms with Crippen LogP contribution < -0.4 is 4.31 Å². The van der Waals surface area contributed by atoms with Gasteiger partial charge in [-0.15, -0.1) is 4.33 Å². The summed E-state index contributed by atoms with van der Waals surface area (Å²) in [5.74, 6) is 0.149. The summed E-state index contributed by atoms with van der Waals surface area (Å²) in [4.78, 5) is 13.6. The van der Waals surface area contributed by atoms with Crippen LogP contribution in [-0.2, 0) is 15.8 Å². The molecule has 0 bridgehead atoms. The van der Waals surface area contributed by atoms with Crippen LogP contribution in [0.1, 0.15) is 31.0 Å². The highest BCUT2D eigenvalue weighted by Crippen LogP contribution is 2.31. The molecule has 1 heterocycles. The topological polar surface area (TPSA) is 67.7 Å². The molecule has 2 rings (SSSR count). The third kappa shape index (κ3) is 4.21. The molecule has 0 aliphatic heterocycles. The largest absolute Gasteiger partial charge is 0.392 e. The summed E-state index contributed by atoms with van der Waals surface area (Å²) in [5, 5.41) is 9.82. The SMILES string of the molecule is COOSN(C)c1nc(-c2ccc(F)cc2)c(CO)c(C(C)C)n1. The number of rotatable bonds is 7. The van der Waals surface area contributed by atoms with E-state index in [4.69, 9.17) is 4.33 Å². The first-order chi connectivity index (χ1) is 11.5.